The summed E-state index contributed by atoms with van der Waals surface area (Å²) in [7, 11) is 0. The van der Waals surface area contributed by atoms with E-state index in [1.54, 1.807) is 6.92 Å². The number of aryl methyl sites for hydroxylation is 1. The van der Waals surface area contributed by atoms with Crippen LogP contribution in [-0.4, -0.2) is 43.6 Å². The van der Waals surface area contributed by atoms with Crippen LogP contribution in [0, 0.1) is 6.92 Å². The topological polar surface area (TPSA) is 97.5 Å². The van der Waals surface area contributed by atoms with Gasteiger partial charge in [0.1, 0.15) is 18.4 Å². The molecule has 0 spiro atoms. The average Bonchev–Trinajstić information content (AvgIpc) is 2.28. The normalized spacial score (nSPS) is 29.2. The molecule has 0 aromatic carbocycles. The first-order chi connectivity index (χ1) is 8.10. The highest BCUT2D eigenvalue weighted by Crippen LogP contribution is 2.25. The molecule has 7 heteroatoms. The fourth-order valence-electron chi connectivity index (χ4n) is 1.88. The molecule has 0 bridgehead atoms. The van der Waals surface area contributed by atoms with Crippen LogP contribution in [0.25, 0.3) is 0 Å². The number of aliphatic hydroxyl groups excluding tert-OH is 2. The molecule has 94 valence electrons. The van der Waals surface area contributed by atoms with Crippen molar-refractivity contribution in [2.75, 3.05) is 6.61 Å². The van der Waals surface area contributed by atoms with E-state index in [1.807, 2.05) is 0 Å². The lowest BCUT2D eigenvalue weighted by Gasteiger charge is -2.32. The van der Waals surface area contributed by atoms with Gasteiger partial charge in [-0.15, -0.1) is 0 Å². The summed E-state index contributed by atoms with van der Waals surface area (Å²) in [5, 5.41) is 18.7. The minimum absolute atomic E-state index is 0.185. The Labute approximate surface area is 97.7 Å². The summed E-state index contributed by atoms with van der Waals surface area (Å²) in [5.41, 5.74) is -0.465. The molecular weight excluding hydrogens is 226 g/mol. The minimum Gasteiger partial charge on any atom is -0.394 e. The van der Waals surface area contributed by atoms with E-state index in [1.165, 1.54) is 10.9 Å². The van der Waals surface area contributed by atoms with Crippen LogP contribution in [0.3, 0.4) is 0 Å². The lowest BCUT2D eigenvalue weighted by atomic mass is 10.0. The zero-order valence-electron chi connectivity index (χ0n) is 9.48. The molecule has 2 rings (SSSR count). The van der Waals surface area contributed by atoms with Gasteiger partial charge in [0.25, 0.3) is 0 Å². The van der Waals surface area contributed by atoms with Crippen molar-refractivity contribution >= 4 is 0 Å². The summed E-state index contributed by atoms with van der Waals surface area (Å²) in [4.78, 5) is 19.2. The van der Waals surface area contributed by atoms with Crippen molar-refractivity contribution in [1.29, 1.82) is 0 Å². The van der Waals surface area contributed by atoms with Gasteiger partial charge >= 0.3 is 5.69 Å². The molecule has 1 aromatic heterocycles. The second-order valence-electron chi connectivity index (χ2n) is 4.11. The van der Waals surface area contributed by atoms with Crippen LogP contribution in [0.4, 0.5) is 0 Å². The average molecular weight is 241 g/mol. The van der Waals surface area contributed by atoms with Gasteiger partial charge in [-0.05, 0) is 6.92 Å². The van der Waals surface area contributed by atoms with E-state index < -0.39 is 24.1 Å². The first-order valence-electron chi connectivity index (χ1n) is 5.46. The summed E-state index contributed by atoms with van der Waals surface area (Å²) < 4.78 is 6.72. The molecule has 1 saturated heterocycles. The largest absolute Gasteiger partial charge is 0.394 e. The molecule has 1 aliphatic rings. The van der Waals surface area contributed by atoms with Crippen LogP contribution in [-0.2, 0) is 4.74 Å². The highest BCUT2D eigenvalue weighted by atomic mass is 16.5. The van der Waals surface area contributed by atoms with E-state index in [0.717, 1.165) is 0 Å². The van der Waals surface area contributed by atoms with Crippen molar-refractivity contribution in [3.8, 4) is 0 Å². The maximum absolute atomic E-state index is 11.6. The Balaban J connectivity index is 2.23. The molecule has 0 saturated carbocycles. The van der Waals surface area contributed by atoms with E-state index in [2.05, 4.69) is 9.97 Å². The zero-order valence-corrected chi connectivity index (χ0v) is 9.48. The third-order valence-corrected chi connectivity index (χ3v) is 2.72. The van der Waals surface area contributed by atoms with Gasteiger partial charge in [0.2, 0.25) is 0 Å². The molecule has 2 N–H and O–H groups in total. The summed E-state index contributed by atoms with van der Waals surface area (Å²) in [6.45, 7) is 1.44. The molecule has 1 aromatic rings. The third-order valence-electron chi connectivity index (χ3n) is 2.72. The molecule has 2 unspecified atom stereocenters. The highest BCUT2D eigenvalue weighted by molar-refractivity contribution is 4.83. The van der Waals surface area contributed by atoms with Gasteiger partial charge < -0.3 is 14.9 Å². The Bertz CT molecular complexity index is 447. The second-order valence-corrected chi connectivity index (χ2v) is 4.11. The molecule has 0 radical (unpaired) electrons. The van der Waals surface area contributed by atoms with Crippen LogP contribution < -0.4 is 5.69 Å². The van der Waals surface area contributed by atoms with Gasteiger partial charge in [-0.1, -0.05) is 0 Å². The van der Waals surface area contributed by atoms with Gasteiger partial charge in [0.05, 0.1) is 18.8 Å². The summed E-state index contributed by atoms with van der Waals surface area (Å²) in [5.74, 6) is 0.390. The van der Waals surface area contributed by atoms with Crippen molar-refractivity contribution in [1.82, 2.24) is 14.5 Å². The van der Waals surface area contributed by atoms with Gasteiger partial charge in [-0.2, -0.15) is 4.98 Å². The Morgan fingerprint density at radius 1 is 1.59 bits per heavy atom. The molecule has 7 nitrogen and oxygen atoms in total. The summed E-state index contributed by atoms with van der Waals surface area (Å²) in [6.07, 6.45) is 0.332. The van der Waals surface area contributed by atoms with Crippen molar-refractivity contribution in [3.05, 3.63) is 22.6 Å². The number of ether oxygens (including phenoxy) is 1. The maximum atomic E-state index is 11.6. The van der Waals surface area contributed by atoms with Crippen molar-refractivity contribution in [2.45, 2.75) is 38.2 Å². The van der Waals surface area contributed by atoms with E-state index in [0.29, 0.717) is 18.7 Å². The predicted octanol–water partition coefficient (Wildman–Crippen LogP) is -1.02. The van der Waals surface area contributed by atoms with Gasteiger partial charge in [-0.3, -0.25) is 4.57 Å². The molecule has 2 heterocycles. The fraction of sp³-hybridized carbons (Fsp3) is 0.700. The molecule has 1 aliphatic heterocycles. The lowest BCUT2D eigenvalue weighted by Crippen LogP contribution is -2.40. The van der Waals surface area contributed by atoms with Gasteiger partial charge in [0, 0.05) is 12.8 Å². The first-order valence-corrected chi connectivity index (χ1v) is 5.46. The van der Waals surface area contributed by atoms with Crippen LogP contribution in [0.2, 0.25) is 0 Å². The number of nitrogens with zero attached hydrogens (tertiary/aromatic N) is 3. The molecular formula is C10H15N3O4. The number of rotatable bonds is 2. The maximum Gasteiger partial charge on any atom is 0.352 e. The van der Waals surface area contributed by atoms with Crippen molar-refractivity contribution in [2.24, 2.45) is 0 Å². The van der Waals surface area contributed by atoms with Crippen molar-refractivity contribution < 1.29 is 14.9 Å². The van der Waals surface area contributed by atoms with E-state index in [9.17, 15) is 9.90 Å². The smallest absolute Gasteiger partial charge is 0.352 e. The Morgan fingerprint density at radius 3 is 3.00 bits per heavy atom. The van der Waals surface area contributed by atoms with Crippen LogP contribution >= 0.6 is 0 Å². The molecule has 0 aliphatic carbocycles. The third kappa shape index (κ3) is 2.68. The number of hydrogen-bond acceptors (Lipinski definition) is 6. The number of aromatic nitrogens is 3. The lowest BCUT2D eigenvalue weighted by molar-refractivity contribution is -0.143. The Morgan fingerprint density at radius 2 is 2.35 bits per heavy atom. The predicted molar refractivity (Wildman–Crippen MR) is 57.3 cm³/mol. The van der Waals surface area contributed by atoms with Gasteiger partial charge in [-0.25, -0.2) is 9.78 Å². The second kappa shape index (κ2) is 4.91. The fourth-order valence-corrected chi connectivity index (χ4v) is 1.88. The first kappa shape index (κ1) is 12.2. The number of hydrogen-bond donors (Lipinski definition) is 2. The van der Waals surface area contributed by atoms with Gasteiger partial charge in [0.15, 0.2) is 0 Å². The van der Waals surface area contributed by atoms with Crippen LogP contribution in [0.15, 0.2) is 11.1 Å². The monoisotopic (exact) mass is 241 g/mol. The molecule has 1 fully saturated rings. The van der Waals surface area contributed by atoms with Crippen molar-refractivity contribution in [3.63, 3.8) is 0 Å². The summed E-state index contributed by atoms with van der Waals surface area (Å²) in [6, 6.07) is 0. The SMILES string of the molecule is Cc1ncn([C@H]2CC(O)CC(CO)O2)c(=O)n1. The number of aliphatic hydroxyl groups is 2. The Hall–Kier alpha value is -1.31. The molecule has 17 heavy (non-hydrogen) atoms. The van der Waals surface area contributed by atoms with Crippen LogP contribution in [0.5, 0.6) is 0 Å². The summed E-state index contributed by atoms with van der Waals surface area (Å²) >= 11 is 0. The molecule has 3 atom stereocenters. The van der Waals surface area contributed by atoms with Crippen LogP contribution in [0.1, 0.15) is 24.9 Å². The van der Waals surface area contributed by atoms with E-state index in [4.69, 9.17) is 9.84 Å². The molecule has 0 amide bonds. The quantitative estimate of drug-likeness (QED) is 0.687. The van der Waals surface area contributed by atoms with E-state index in [-0.39, 0.29) is 6.61 Å². The zero-order chi connectivity index (χ0) is 12.4. The minimum atomic E-state index is -0.621. The Kier molecular flexibility index (Phi) is 3.51. The standard InChI is InChI=1S/C10H15N3O4/c1-6-11-5-13(10(16)12-6)9-3-7(15)2-8(4-14)17-9/h5,7-9,14-15H,2-4H2,1H3/t7?,8?,9-/m1/s1. The highest BCUT2D eigenvalue weighted by Gasteiger charge is 2.29. The van der Waals surface area contributed by atoms with E-state index >= 15 is 0 Å².